The van der Waals surface area contributed by atoms with E-state index >= 15 is 0 Å². The first-order valence-electron chi connectivity index (χ1n) is 9.33. The van der Waals surface area contributed by atoms with Gasteiger partial charge in [0.15, 0.2) is 11.5 Å². The van der Waals surface area contributed by atoms with Crippen LogP contribution >= 0.6 is 56.8 Å². The number of halogens is 3. The average Bonchev–Trinajstić information content (AvgIpc) is 2.77. The fourth-order valence-corrected chi connectivity index (χ4v) is 5.03. The van der Waals surface area contributed by atoms with Gasteiger partial charge in [0.2, 0.25) is 0 Å². The van der Waals surface area contributed by atoms with Gasteiger partial charge in [-0.05, 0) is 98.3 Å². The molecule has 1 N–H and O–H groups in total. The number of nitrogens with zero attached hydrogens (tertiary/aromatic N) is 1. The molecule has 0 atom stereocenters. The number of ether oxygens (including phenoxy) is 3. The lowest BCUT2D eigenvalue weighted by molar-refractivity contribution is 0.302. The molecule has 0 spiro atoms. The minimum atomic E-state index is 0.490. The molecular formula is C23H21ClI2N2O3. The van der Waals surface area contributed by atoms with E-state index in [9.17, 15) is 0 Å². The summed E-state index contributed by atoms with van der Waals surface area (Å²) in [6.45, 7) is 1.07. The summed E-state index contributed by atoms with van der Waals surface area (Å²) in [5.74, 6) is 2.27. The maximum absolute atomic E-state index is 6.03. The molecule has 0 unspecified atom stereocenters. The maximum Gasteiger partial charge on any atom is 0.161 e. The lowest BCUT2D eigenvalue weighted by atomic mass is 10.2. The SMILES string of the molecule is COc1ccc(CN/N=C\c2cc(I)c(OCc3ccc(Cl)cc3)c(I)c2)cc1OC. The molecule has 0 aliphatic rings. The van der Waals surface area contributed by atoms with Gasteiger partial charge in [0.1, 0.15) is 12.4 Å². The lowest BCUT2D eigenvalue weighted by Gasteiger charge is -2.11. The van der Waals surface area contributed by atoms with Crippen LogP contribution in [0.3, 0.4) is 0 Å². The van der Waals surface area contributed by atoms with Gasteiger partial charge >= 0.3 is 0 Å². The summed E-state index contributed by atoms with van der Waals surface area (Å²) < 4.78 is 18.7. The van der Waals surface area contributed by atoms with Crippen LogP contribution in [0.25, 0.3) is 0 Å². The van der Waals surface area contributed by atoms with E-state index in [4.69, 9.17) is 25.8 Å². The van der Waals surface area contributed by atoms with Gasteiger partial charge in [-0.2, -0.15) is 5.10 Å². The van der Waals surface area contributed by atoms with Crippen LogP contribution in [0.5, 0.6) is 17.2 Å². The highest BCUT2D eigenvalue weighted by atomic mass is 127. The van der Waals surface area contributed by atoms with Crippen LogP contribution in [0.4, 0.5) is 0 Å². The van der Waals surface area contributed by atoms with Gasteiger partial charge in [0.05, 0.1) is 34.1 Å². The van der Waals surface area contributed by atoms with Crippen LogP contribution in [-0.4, -0.2) is 20.4 Å². The van der Waals surface area contributed by atoms with E-state index in [2.05, 4.69) is 55.7 Å². The van der Waals surface area contributed by atoms with Crippen molar-refractivity contribution in [3.05, 3.63) is 83.5 Å². The van der Waals surface area contributed by atoms with E-state index in [1.54, 1.807) is 20.4 Å². The highest BCUT2D eigenvalue weighted by Gasteiger charge is 2.09. The molecule has 162 valence electrons. The molecule has 0 aliphatic heterocycles. The van der Waals surface area contributed by atoms with Crippen molar-refractivity contribution in [3.8, 4) is 17.2 Å². The average molecular weight is 663 g/mol. The summed E-state index contributed by atoms with van der Waals surface area (Å²) in [5.41, 5.74) is 6.18. The van der Waals surface area contributed by atoms with E-state index in [-0.39, 0.29) is 0 Å². The van der Waals surface area contributed by atoms with Crippen molar-refractivity contribution in [1.82, 2.24) is 5.43 Å². The zero-order chi connectivity index (χ0) is 22.2. The number of methoxy groups -OCH3 is 2. The highest BCUT2D eigenvalue weighted by molar-refractivity contribution is 14.1. The van der Waals surface area contributed by atoms with Crippen molar-refractivity contribution in [2.24, 2.45) is 5.10 Å². The maximum atomic E-state index is 6.03. The van der Waals surface area contributed by atoms with E-state index in [0.717, 1.165) is 34.6 Å². The summed E-state index contributed by atoms with van der Waals surface area (Å²) in [5, 5.41) is 5.06. The third-order valence-electron chi connectivity index (χ3n) is 4.35. The highest BCUT2D eigenvalue weighted by Crippen LogP contribution is 2.30. The van der Waals surface area contributed by atoms with Gasteiger partial charge in [-0.15, -0.1) is 0 Å². The van der Waals surface area contributed by atoms with E-state index in [1.165, 1.54) is 0 Å². The molecule has 0 fully saturated rings. The third-order valence-corrected chi connectivity index (χ3v) is 6.21. The number of hydrogen-bond acceptors (Lipinski definition) is 5. The number of benzene rings is 3. The normalized spacial score (nSPS) is 10.9. The van der Waals surface area contributed by atoms with Crippen LogP contribution in [0, 0.1) is 7.14 Å². The standard InChI is InChI=1S/C23H21ClI2N2O3/c1-29-21-8-5-16(11-22(21)30-2)12-27-28-13-17-9-19(25)23(20(26)10-17)31-14-15-3-6-18(24)7-4-15/h3-11,13,27H,12,14H2,1-2H3/b28-13-. The van der Waals surface area contributed by atoms with E-state index < -0.39 is 0 Å². The topological polar surface area (TPSA) is 52.1 Å². The molecule has 31 heavy (non-hydrogen) atoms. The molecule has 0 saturated heterocycles. The van der Waals surface area contributed by atoms with Gasteiger partial charge in [-0.25, -0.2) is 0 Å². The quantitative estimate of drug-likeness (QED) is 0.167. The minimum Gasteiger partial charge on any atom is -0.493 e. The Bertz CT molecular complexity index is 1040. The predicted molar refractivity (Wildman–Crippen MR) is 142 cm³/mol. The summed E-state index contributed by atoms with van der Waals surface area (Å²) in [6, 6.07) is 17.5. The van der Waals surface area contributed by atoms with Crippen molar-refractivity contribution in [2.45, 2.75) is 13.2 Å². The van der Waals surface area contributed by atoms with Crippen LogP contribution < -0.4 is 19.6 Å². The second-order valence-corrected chi connectivity index (χ2v) is 9.27. The molecule has 0 bridgehead atoms. The molecule has 0 amide bonds. The largest absolute Gasteiger partial charge is 0.493 e. The Morgan fingerprint density at radius 3 is 2.19 bits per heavy atom. The van der Waals surface area contributed by atoms with Crippen molar-refractivity contribution >= 4 is 63.0 Å². The summed E-state index contributed by atoms with van der Waals surface area (Å²) in [6.07, 6.45) is 1.80. The van der Waals surface area contributed by atoms with Crippen LogP contribution in [0.2, 0.25) is 5.02 Å². The Morgan fingerprint density at radius 2 is 1.55 bits per heavy atom. The lowest BCUT2D eigenvalue weighted by Crippen LogP contribution is -2.06. The molecule has 0 saturated carbocycles. The predicted octanol–water partition coefficient (Wildman–Crippen LogP) is 6.27. The molecule has 3 rings (SSSR count). The molecule has 0 radical (unpaired) electrons. The Kier molecular flexibility index (Phi) is 9.09. The number of nitrogens with one attached hydrogen (secondary N) is 1. The first-order valence-corrected chi connectivity index (χ1v) is 11.9. The van der Waals surface area contributed by atoms with Crippen molar-refractivity contribution in [1.29, 1.82) is 0 Å². The second-order valence-electron chi connectivity index (χ2n) is 6.51. The van der Waals surface area contributed by atoms with Crippen molar-refractivity contribution < 1.29 is 14.2 Å². The minimum absolute atomic E-state index is 0.490. The summed E-state index contributed by atoms with van der Waals surface area (Å²) in [4.78, 5) is 0. The molecule has 0 heterocycles. The van der Waals surface area contributed by atoms with Gasteiger partial charge in [0, 0.05) is 5.02 Å². The summed E-state index contributed by atoms with van der Waals surface area (Å²) >= 11 is 10.5. The van der Waals surface area contributed by atoms with Gasteiger partial charge < -0.3 is 19.6 Å². The van der Waals surface area contributed by atoms with Crippen molar-refractivity contribution in [2.75, 3.05) is 14.2 Å². The van der Waals surface area contributed by atoms with E-state index in [1.807, 2.05) is 54.6 Å². The molecule has 3 aromatic carbocycles. The fourth-order valence-electron chi connectivity index (χ4n) is 2.78. The monoisotopic (exact) mass is 662 g/mol. The number of hydrazone groups is 1. The van der Waals surface area contributed by atoms with Crippen molar-refractivity contribution in [3.63, 3.8) is 0 Å². The van der Waals surface area contributed by atoms with Gasteiger partial charge in [0.25, 0.3) is 0 Å². The first-order chi connectivity index (χ1) is 15.0. The van der Waals surface area contributed by atoms with Crippen LogP contribution in [-0.2, 0) is 13.2 Å². The van der Waals surface area contributed by atoms with Crippen LogP contribution in [0.15, 0.2) is 59.7 Å². The Hall–Kier alpha value is -1.72. The van der Waals surface area contributed by atoms with Gasteiger partial charge in [-0.3, -0.25) is 0 Å². The Morgan fingerprint density at radius 1 is 0.903 bits per heavy atom. The zero-order valence-corrected chi connectivity index (χ0v) is 22.1. The fraction of sp³-hybridized carbons (Fsp3) is 0.174. The van der Waals surface area contributed by atoms with E-state index in [0.29, 0.717) is 24.7 Å². The molecule has 8 heteroatoms. The number of rotatable bonds is 9. The Balaban J connectivity index is 1.59. The molecule has 5 nitrogen and oxygen atoms in total. The van der Waals surface area contributed by atoms with Crippen LogP contribution in [0.1, 0.15) is 16.7 Å². The Labute approximate surface area is 214 Å². The molecule has 0 aromatic heterocycles. The smallest absolute Gasteiger partial charge is 0.161 e. The summed E-state index contributed by atoms with van der Waals surface area (Å²) in [7, 11) is 3.25. The van der Waals surface area contributed by atoms with Gasteiger partial charge in [-0.1, -0.05) is 29.8 Å². The molecular weight excluding hydrogens is 642 g/mol. The molecule has 0 aliphatic carbocycles. The first kappa shape index (κ1) is 23.9. The third kappa shape index (κ3) is 6.88. The second kappa shape index (κ2) is 11.8. The number of hydrogen-bond donors (Lipinski definition) is 1. The molecule has 3 aromatic rings. The zero-order valence-electron chi connectivity index (χ0n) is 17.0.